The molecular weight excluding hydrogens is 437 g/mol. The molecular formula is C25H28FN5O3. The topological polar surface area (TPSA) is 98.1 Å². The molecule has 9 heteroatoms. The predicted octanol–water partition coefficient (Wildman–Crippen LogP) is 3.57. The third-order valence-corrected chi connectivity index (χ3v) is 5.89. The summed E-state index contributed by atoms with van der Waals surface area (Å²) in [6.45, 7) is 6.92. The van der Waals surface area contributed by atoms with Crippen LogP contribution < -0.4 is 10.6 Å². The molecule has 0 radical (unpaired) electrons. The summed E-state index contributed by atoms with van der Waals surface area (Å²) in [6.07, 6.45) is 3.24. The first kappa shape index (κ1) is 23.6. The Hall–Kier alpha value is -3.59. The van der Waals surface area contributed by atoms with Crippen LogP contribution >= 0.6 is 0 Å². The molecule has 0 saturated heterocycles. The lowest BCUT2D eigenvalue weighted by Crippen LogP contribution is -2.34. The molecule has 1 aliphatic heterocycles. The highest BCUT2D eigenvalue weighted by Gasteiger charge is 2.28. The summed E-state index contributed by atoms with van der Waals surface area (Å²) < 4.78 is 20.8. The third-order valence-electron chi connectivity index (χ3n) is 5.89. The predicted molar refractivity (Wildman–Crippen MR) is 123 cm³/mol. The van der Waals surface area contributed by atoms with Gasteiger partial charge in [-0.3, -0.25) is 9.59 Å². The second kappa shape index (κ2) is 10.1. The first-order chi connectivity index (χ1) is 16.3. The van der Waals surface area contributed by atoms with E-state index < -0.39 is 6.04 Å². The van der Waals surface area contributed by atoms with Crippen LogP contribution in [0.25, 0.3) is 0 Å². The molecule has 178 valence electrons. The first-order valence-electron chi connectivity index (χ1n) is 11.3. The maximum absolute atomic E-state index is 13.4. The lowest BCUT2D eigenvalue weighted by molar-refractivity contribution is 0.0771. The Morgan fingerprint density at radius 2 is 1.76 bits per heavy atom. The van der Waals surface area contributed by atoms with E-state index in [9.17, 15) is 14.0 Å². The molecule has 34 heavy (non-hydrogen) atoms. The minimum absolute atomic E-state index is 0.0722. The number of carbonyl (C=O) groups is 2. The normalized spacial score (nSPS) is 14.9. The molecule has 8 nitrogen and oxygen atoms in total. The number of hydrogen-bond acceptors (Lipinski definition) is 5. The van der Waals surface area contributed by atoms with Crippen LogP contribution in [0.5, 0.6) is 0 Å². The largest absolute Gasteiger partial charge is 0.373 e. The van der Waals surface area contributed by atoms with Gasteiger partial charge in [0, 0.05) is 18.9 Å². The Labute approximate surface area is 197 Å². The fourth-order valence-corrected chi connectivity index (χ4v) is 4.10. The monoisotopic (exact) mass is 465 g/mol. The molecule has 2 atom stereocenters. The summed E-state index contributed by atoms with van der Waals surface area (Å²) in [7, 11) is 0. The van der Waals surface area contributed by atoms with Crippen LogP contribution in [0.4, 0.5) is 4.39 Å². The van der Waals surface area contributed by atoms with E-state index in [0.717, 1.165) is 5.56 Å². The summed E-state index contributed by atoms with van der Waals surface area (Å²) in [4.78, 5) is 34.8. The summed E-state index contributed by atoms with van der Waals surface area (Å²) in [6, 6.07) is 8.71. The fourth-order valence-electron chi connectivity index (χ4n) is 4.10. The Morgan fingerprint density at radius 3 is 2.44 bits per heavy atom. The molecule has 2 aromatic heterocycles. The highest BCUT2D eigenvalue weighted by atomic mass is 19.1. The standard InChI is InChI=1S/C25H28FN5O3/c1-15(2)22(17-5-7-18(26)8-6-17)30-25(33)20-13-19(21-14-34-12-11-31(20)21)24(32)29-16(3)23-27-9-4-10-28-23/h4-10,13,15-16,22H,11-12,14H2,1-3H3,(H,29,32)(H,30,33)/t16-,22-/m1/s1. The second-order valence-electron chi connectivity index (χ2n) is 8.64. The van der Waals surface area contributed by atoms with Crippen molar-refractivity contribution in [1.82, 2.24) is 25.2 Å². The number of benzene rings is 1. The van der Waals surface area contributed by atoms with E-state index in [1.165, 1.54) is 12.1 Å². The van der Waals surface area contributed by atoms with E-state index in [0.29, 0.717) is 35.9 Å². The van der Waals surface area contributed by atoms with Crippen LogP contribution in [-0.4, -0.2) is 33.0 Å². The highest BCUT2D eigenvalue weighted by molar-refractivity contribution is 6.01. The van der Waals surface area contributed by atoms with E-state index in [4.69, 9.17) is 4.74 Å². The van der Waals surface area contributed by atoms with Crippen molar-refractivity contribution in [3.63, 3.8) is 0 Å². The van der Waals surface area contributed by atoms with Crippen molar-refractivity contribution in [2.24, 2.45) is 5.92 Å². The van der Waals surface area contributed by atoms with E-state index in [2.05, 4.69) is 20.6 Å². The zero-order valence-corrected chi connectivity index (χ0v) is 19.4. The van der Waals surface area contributed by atoms with Crippen molar-refractivity contribution in [3.8, 4) is 0 Å². The summed E-state index contributed by atoms with van der Waals surface area (Å²) in [5.74, 6) is -0.388. The number of aromatic nitrogens is 3. The van der Waals surface area contributed by atoms with Crippen LogP contribution in [0.15, 0.2) is 48.8 Å². The fraction of sp³-hybridized carbons (Fsp3) is 0.360. The average molecular weight is 466 g/mol. The average Bonchev–Trinajstić information content (AvgIpc) is 3.23. The lowest BCUT2D eigenvalue weighted by Gasteiger charge is -2.24. The van der Waals surface area contributed by atoms with Gasteiger partial charge in [-0.2, -0.15) is 0 Å². The number of carbonyl (C=O) groups excluding carboxylic acids is 2. The SMILES string of the molecule is CC(C)[C@@H](NC(=O)c1cc(C(=O)N[C@H](C)c2ncccn2)c2n1CCOC2)c1ccc(F)cc1. The van der Waals surface area contributed by atoms with Crippen LogP contribution in [0.3, 0.4) is 0 Å². The Balaban J connectivity index is 1.59. The quantitative estimate of drug-likeness (QED) is 0.556. The van der Waals surface area contributed by atoms with Gasteiger partial charge < -0.3 is 19.9 Å². The van der Waals surface area contributed by atoms with Gasteiger partial charge in [-0.05, 0) is 42.7 Å². The van der Waals surface area contributed by atoms with Gasteiger partial charge >= 0.3 is 0 Å². The van der Waals surface area contributed by atoms with Gasteiger partial charge in [-0.15, -0.1) is 0 Å². The Bertz CT molecular complexity index is 1160. The molecule has 2 amide bonds. The van der Waals surface area contributed by atoms with Crippen LogP contribution in [-0.2, 0) is 17.9 Å². The van der Waals surface area contributed by atoms with E-state index in [1.54, 1.807) is 43.6 Å². The number of ether oxygens (including phenoxy) is 1. The number of fused-ring (bicyclic) bond motifs is 1. The van der Waals surface area contributed by atoms with Crippen molar-refractivity contribution in [2.75, 3.05) is 6.61 Å². The van der Waals surface area contributed by atoms with Crippen LogP contribution in [0.2, 0.25) is 0 Å². The third kappa shape index (κ3) is 4.99. The van der Waals surface area contributed by atoms with Crippen molar-refractivity contribution in [1.29, 1.82) is 0 Å². The summed E-state index contributed by atoms with van der Waals surface area (Å²) in [5, 5.41) is 5.97. The maximum atomic E-state index is 13.4. The molecule has 3 heterocycles. The van der Waals surface area contributed by atoms with E-state index in [-0.39, 0.29) is 36.2 Å². The number of amides is 2. The van der Waals surface area contributed by atoms with Gasteiger partial charge in [0.25, 0.3) is 11.8 Å². The van der Waals surface area contributed by atoms with Gasteiger partial charge in [0.1, 0.15) is 17.3 Å². The molecule has 0 bridgehead atoms. The second-order valence-corrected chi connectivity index (χ2v) is 8.64. The number of hydrogen-bond donors (Lipinski definition) is 2. The minimum atomic E-state index is -0.408. The zero-order valence-electron chi connectivity index (χ0n) is 19.4. The number of rotatable bonds is 7. The van der Waals surface area contributed by atoms with Crippen LogP contribution in [0.1, 0.15) is 70.8 Å². The smallest absolute Gasteiger partial charge is 0.268 e. The minimum Gasteiger partial charge on any atom is -0.373 e. The van der Waals surface area contributed by atoms with Gasteiger partial charge in [0.2, 0.25) is 0 Å². The zero-order chi connectivity index (χ0) is 24.2. The number of nitrogens with one attached hydrogen (secondary N) is 2. The molecule has 0 fully saturated rings. The molecule has 0 saturated carbocycles. The molecule has 0 spiro atoms. The van der Waals surface area contributed by atoms with Crippen molar-refractivity contribution in [3.05, 3.63) is 82.9 Å². The summed E-state index contributed by atoms with van der Waals surface area (Å²) >= 11 is 0. The van der Waals surface area contributed by atoms with Crippen LogP contribution in [0, 0.1) is 11.7 Å². The lowest BCUT2D eigenvalue weighted by atomic mass is 9.96. The molecule has 1 aromatic carbocycles. The molecule has 0 aliphatic carbocycles. The van der Waals surface area contributed by atoms with Gasteiger partial charge in [-0.25, -0.2) is 14.4 Å². The number of halogens is 1. The molecule has 3 aromatic rings. The van der Waals surface area contributed by atoms with Crippen molar-refractivity contribution < 1.29 is 18.7 Å². The Kier molecular flexibility index (Phi) is 7.02. The molecule has 1 aliphatic rings. The molecule has 0 unspecified atom stereocenters. The Morgan fingerprint density at radius 1 is 1.06 bits per heavy atom. The van der Waals surface area contributed by atoms with Gasteiger partial charge in [0.15, 0.2) is 0 Å². The molecule has 4 rings (SSSR count). The van der Waals surface area contributed by atoms with Gasteiger partial charge in [0.05, 0.1) is 36.6 Å². The summed E-state index contributed by atoms with van der Waals surface area (Å²) in [5.41, 5.74) is 2.24. The number of nitrogens with zero attached hydrogens (tertiary/aromatic N) is 3. The van der Waals surface area contributed by atoms with Crippen molar-refractivity contribution >= 4 is 11.8 Å². The van der Waals surface area contributed by atoms with E-state index in [1.807, 2.05) is 18.4 Å². The first-order valence-corrected chi connectivity index (χ1v) is 11.3. The van der Waals surface area contributed by atoms with E-state index >= 15 is 0 Å². The van der Waals surface area contributed by atoms with Crippen molar-refractivity contribution in [2.45, 2.75) is 46.0 Å². The molecule has 2 N–H and O–H groups in total. The maximum Gasteiger partial charge on any atom is 0.268 e. The highest BCUT2D eigenvalue weighted by Crippen LogP contribution is 2.25. The van der Waals surface area contributed by atoms with Gasteiger partial charge in [-0.1, -0.05) is 26.0 Å².